The number of hydrogen-bond acceptors (Lipinski definition) is 4. The Morgan fingerprint density at radius 2 is 2.50 bits per heavy atom. The fourth-order valence-corrected chi connectivity index (χ4v) is 2.19. The standard InChI is InChI=1S/C4H2N2S2/c1-2-5-4-3(1)6-8-7-4/h1-2H. The molecule has 2 aliphatic heterocycles. The quantitative estimate of drug-likeness (QED) is 0.523. The molecule has 0 atom stereocenters. The van der Waals surface area contributed by atoms with Crippen molar-refractivity contribution in [2.45, 2.75) is 0 Å². The number of nitrogens with zero attached hydrogens (tertiary/aromatic N) is 2. The first-order chi connectivity index (χ1) is 3.97. The molecule has 2 aliphatic rings. The zero-order chi connectivity index (χ0) is 5.40. The summed E-state index contributed by atoms with van der Waals surface area (Å²) in [5.74, 6) is 0. The molecule has 0 radical (unpaired) electrons. The van der Waals surface area contributed by atoms with E-state index in [-0.39, 0.29) is 0 Å². The van der Waals surface area contributed by atoms with Gasteiger partial charge in [0.15, 0.2) is 5.01 Å². The number of rotatable bonds is 0. The van der Waals surface area contributed by atoms with Crippen LogP contribution in [0.1, 0.15) is 0 Å². The first-order valence-corrected chi connectivity index (χ1v) is 4.24. The lowest BCUT2D eigenvalue weighted by molar-refractivity contribution is 1.44. The number of fused-ring (bicyclic) bond motifs is 1. The second kappa shape index (κ2) is 1.50. The van der Waals surface area contributed by atoms with E-state index in [1.165, 1.54) is 10.5 Å². The molecule has 40 valence electrons. The lowest BCUT2D eigenvalue weighted by Crippen LogP contribution is -1.61. The van der Waals surface area contributed by atoms with Crippen molar-refractivity contribution in [2.24, 2.45) is 0 Å². The summed E-state index contributed by atoms with van der Waals surface area (Å²) >= 11 is 0. The van der Waals surface area contributed by atoms with Gasteiger partial charge in [0.2, 0.25) is 0 Å². The van der Waals surface area contributed by atoms with Crippen LogP contribution in [-0.4, -0.2) is 9.36 Å². The van der Waals surface area contributed by atoms with Crippen LogP contribution in [0.5, 0.6) is 0 Å². The molecule has 0 aromatic heterocycles. The van der Waals surface area contributed by atoms with Gasteiger partial charge in [-0.2, -0.15) is 4.37 Å². The average Bonchev–Trinajstić information content (AvgIpc) is 2.15. The van der Waals surface area contributed by atoms with Crippen molar-refractivity contribution in [3.63, 3.8) is 0 Å². The molecule has 0 aromatic carbocycles. The number of aromatic nitrogens is 2. The highest BCUT2D eigenvalue weighted by Crippen LogP contribution is 2.25. The molecule has 0 fully saturated rings. The molecule has 2 heterocycles. The van der Waals surface area contributed by atoms with Gasteiger partial charge in [0.1, 0.15) is 5.69 Å². The van der Waals surface area contributed by atoms with Crippen molar-refractivity contribution in [3.8, 4) is 10.7 Å². The number of hydrogen-bond donors (Lipinski definition) is 0. The van der Waals surface area contributed by atoms with Crippen LogP contribution in [0.4, 0.5) is 0 Å². The second-order valence-corrected chi connectivity index (χ2v) is 3.22. The molecule has 4 heteroatoms. The topological polar surface area (TPSA) is 25.8 Å². The van der Waals surface area contributed by atoms with Gasteiger partial charge in [-0.3, -0.25) is 0 Å². The first-order valence-electron chi connectivity index (χ1n) is 2.13. The van der Waals surface area contributed by atoms with E-state index in [0.29, 0.717) is 0 Å². The van der Waals surface area contributed by atoms with Crippen molar-refractivity contribution < 1.29 is 0 Å². The summed E-state index contributed by atoms with van der Waals surface area (Å²) < 4.78 is 4.08. The summed E-state index contributed by atoms with van der Waals surface area (Å²) in [5, 5.41) is 1.05. The van der Waals surface area contributed by atoms with E-state index < -0.39 is 0 Å². The highest BCUT2D eigenvalue weighted by molar-refractivity contribution is 7.68. The Bertz CT molecular complexity index is 203. The highest BCUT2D eigenvalue weighted by atomic mass is 32.9. The molecule has 0 amide bonds. The third-order valence-corrected chi connectivity index (χ3v) is 2.63. The van der Waals surface area contributed by atoms with Crippen LogP contribution in [0, 0.1) is 0 Å². The summed E-state index contributed by atoms with van der Waals surface area (Å²) in [5.41, 5.74) is 1.03. The molecule has 0 N–H and O–H groups in total. The van der Waals surface area contributed by atoms with Gasteiger partial charge in [-0.05, 0) is 16.4 Å². The summed E-state index contributed by atoms with van der Waals surface area (Å²) in [6, 6.07) is 1.92. The second-order valence-electron chi connectivity index (χ2n) is 1.38. The third-order valence-electron chi connectivity index (χ3n) is 0.895. The monoisotopic (exact) mass is 142 g/mol. The maximum atomic E-state index is 4.08. The maximum absolute atomic E-state index is 4.08. The lowest BCUT2D eigenvalue weighted by atomic mass is 10.5. The molecule has 0 bridgehead atoms. The van der Waals surface area contributed by atoms with Gasteiger partial charge in [-0.1, -0.05) is 0 Å². The van der Waals surface area contributed by atoms with E-state index in [4.69, 9.17) is 0 Å². The Labute approximate surface area is 53.7 Å². The fraction of sp³-hybridized carbons (Fsp3) is 0. The molecule has 0 saturated carbocycles. The summed E-state index contributed by atoms with van der Waals surface area (Å²) in [6.45, 7) is 0. The van der Waals surface area contributed by atoms with E-state index >= 15 is 0 Å². The summed E-state index contributed by atoms with van der Waals surface area (Å²) in [4.78, 5) is 4.05. The smallest absolute Gasteiger partial charge is 0.154 e. The van der Waals surface area contributed by atoms with E-state index in [1.54, 1.807) is 16.5 Å². The van der Waals surface area contributed by atoms with Crippen molar-refractivity contribution in [1.82, 2.24) is 9.36 Å². The van der Waals surface area contributed by atoms with E-state index in [0.717, 1.165) is 10.7 Å². The maximum Gasteiger partial charge on any atom is 0.154 e. The van der Waals surface area contributed by atoms with Crippen LogP contribution < -0.4 is 0 Å². The first kappa shape index (κ1) is 4.40. The van der Waals surface area contributed by atoms with Gasteiger partial charge in [0, 0.05) is 16.7 Å². The Hall–Kier alpha value is -0.480. The molecular formula is C4H2N2S2. The van der Waals surface area contributed by atoms with Crippen LogP contribution in [0.25, 0.3) is 10.7 Å². The van der Waals surface area contributed by atoms with Crippen LogP contribution in [-0.2, 0) is 0 Å². The minimum atomic E-state index is 1.03. The Balaban J connectivity index is 2.84. The van der Waals surface area contributed by atoms with Gasteiger partial charge in [-0.25, -0.2) is 4.98 Å². The third kappa shape index (κ3) is 0.468. The molecule has 0 saturated heterocycles. The van der Waals surface area contributed by atoms with Gasteiger partial charge in [0.25, 0.3) is 0 Å². The normalized spacial score (nSPS) is 10.5. The molecule has 0 unspecified atom stereocenters. The SMILES string of the molecule is c1cc2nssc-2n1. The van der Waals surface area contributed by atoms with E-state index in [1.807, 2.05) is 6.07 Å². The lowest BCUT2D eigenvalue weighted by Gasteiger charge is -1.71. The highest BCUT2D eigenvalue weighted by Gasteiger charge is 2.04. The van der Waals surface area contributed by atoms with Gasteiger partial charge in [0.05, 0.1) is 0 Å². The van der Waals surface area contributed by atoms with Crippen LogP contribution >= 0.6 is 20.9 Å². The zero-order valence-corrected chi connectivity index (χ0v) is 5.50. The average molecular weight is 142 g/mol. The Kier molecular flexibility index (Phi) is 0.824. The van der Waals surface area contributed by atoms with Gasteiger partial charge < -0.3 is 0 Å². The van der Waals surface area contributed by atoms with Crippen LogP contribution in [0.15, 0.2) is 12.3 Å². The molecule has 2 nitrogen and oxygen atoms in total. The molecule has 8 heavy (non-hydrogen) atoms. The van der Waals surface area contributed by atoms with Crippen molar-refractivity contribution in [1.29, 1.82) is 0 Å². The molecule has 0 aromatic rings. The van der Waals surface area contributed by atoms with Crippen molar-refractivity contribution >= 4 is 20.9 Å². The van der Waals surface area contributed by atoms with Gasteiger partial charge in [-0.15, -0.1) is 0 Å². The van der Waals surface area contributed by atoms with E-state index in [9.17, 15) is 0 Å². The fourth-order valence-electron chi connectivity index (χ4n) is 0.541. The largest absolute Gasteiger partial charge is 0.243 e. The molecule has 0 aliphatic carbocycles. The van der Waals surface area contributed by atoms with Crippen LogP contribution in [0.3, 0.4) is 0 Å². The molecular weight excluding hydrogens is 140 g/mol. The van der Waals surface area contributed by atoms with Gasteiger partial charge >= 0.3 is 0 Å². The van der Waals surface area contributed by atoms with Crippen LogP contribution in [0.2, 0.25) is 0 Å². The predicted molar refractivity (Wildman–Crippen MR) is 34.4 cm³/mol. The zero-order valence-electron chi connectivity index (χ0n) is 3.87. The summed E-state index contributed by atoms with van der Waals surface area (Å²) in [7, 11) is 3.10. The summed E-state index contributed by atoms with van der Waals surface area (Å²) in [6.07, 6.45) is 1.78. The van der Waals surface area contributed by atoms with Crippen molar-refractivity contribution in [3.05, 3.63) is 12.3 Å². The minimum Gasteiger partial charge on any atom is -0.243 e. The van der Waals surface area contributed by atoms with Crippen molar-refractivity contribution in [2.75, 3.05) is 0 Å². The molecule has 0 spiro atoms. The Morgan fingerprint density at radius 1 is 1.50 bits per heavy atom. The predicted octanol–water partition coefficient (Wildman–Crippen LogP) is 1.70. The molecule has 2 rings (SSSR count). The van der Waals surface area contributed by atoms with E-state index in [2.05, 4.69) is 9.36 Å². The Morgan fingerprint density at radius 3 is 3.38 bits per heavy atom. The minimum absolute atomic E-state index is 1.03.